The van der Waals surface area contributed by atoms with Gasteiger partial charge in [0.05, 0.1) is 19.2 Å². The summed E-state index contributed by atoms with van der Waals surface area (Å²) in [6.45, 7) is 4.10. The molecule has 0 radical (unpaired) electrons. The zero-order valence-corrected chi connectivity index (χ0v) is 20.7. The van der Waals surface area contributed by atoms with Crippen molar-refractivity contribution in [2.75, 3.05) is 29.6 Å². The molecule has 0 saturated heterocycles. The predicted molar refractivity (Wildman–Crippen MR) is 139 cm³/mol. The molecule has 0 saturated carbocycles. The number of aryl methyl sites for hydroxylation is 1. The summed E-state index contributed by atoms with van der Waals surface area (Å²) in [5, 5.41) is 2.80. The summed E-state index contributed by atoms with van der Waals surface area (Å²) in [5.74, 6) is -0.948. The summed E-state index contributed by atoms with van der Waals surface area (Å²) < 4.78 is 6.08. The van der Waals surface area contributed by atoms with Gasteiger partial charge in [-0.1, -0.05) is 49.7 Å². The van der Waals surface area contributed by atoms with Crippen molar-refractivity contribution in [1.29, 1.82) is 0 Å². The van der Waals surface area contributed by atoms with Gasteiger partial charge in [0.1, 0.15) is 11.5 Å². The quantitative estimate of drug-likeness (QED) is 0.369. The summed E-state index contributed by atoms with van der Waals surface area (Å²) in [4.78, 5) is 54.2. The number of carbonyl (C=O) groups excluding carboxylic acids is 2. The highest BCUT2D eigenvalue weighted by Crippen LogP contribution is 2.21. The number of nitrogens with zero attached hydrogens (tertiary/aromatic N) is 2. The van der Waals surface area contributed by atoms with E-state index in [2.05, 4.69) is 10.3 Å². The first kappa shape index (κ1) is 26.3. The van der Waals surface area contributed by atoms with Crippen molar-refractivity contribution >= 4 is 29.1 Å². The van der Waals surface area contributed by atoms with Crippen LogP contribution < -0.4 is 27.2 Å². The van der Waals surface area contributed by atoms with Crippen molar-refractivity contribution in [2.24, 2.45) is 0 Å². The van der Waals surface area contributed by atoms with Crippen LogP contribution in [-0.4, -0.2) is 35.1 Å². The molecule has 3 aromatic rings. The van der Waals surface area contributed by atoms with Gasteiger partial charge < -0.3 is 20.7 Å². The number of benzene rings is 2. The highest BCUT2D eigenvalue weighted by Gasteiger charge is 2.22. The molecular weight excluding hydrogens is 462 g/mol. The number of methoxy groups -OCH3 is 1. The second-order valence-electron chi connectivity index (χ2n) is 8.41. The lowest BCUT2D eigenvalue weighted by molar-refractivity contribution is -0.115. The van der Waals surface area contributed by atoms with Crippen LogP contribution in [0.25, 0.3) is 0 Å². The number of rotatable bonds is 10. The second kappa shape index (κ2) is 11.9. The van der Waals surface area contributed by atoms with Crippen LogP contribution in [0.2, 0.25) is 0 Å². The maximum Gasteiger partial charge on any atom is 0.337 e. The van der Waals surface area contributed by atoms with Crippen LogP contribution in [0.1, 0.15) is 41.3 Å². The van der Waals surface area contributed by atoms with E-state index >= 15 is 0 Å². The molecule has 10 heteroatoms. The highest BCUT2D eigenvalue weighted by molar-refractivity contribution is 5.97. The maximum absolute atomic E-state index is 13.1. The lowest BCUT2D eigenvalue weighted by Gasteiger charge is -2.26. The van der Waals surface area contributed by atoms with Crippen LogP contribution >= 0.6 is 0 Å². The minimum atomic E-state index is -0.669. The molecular formula is C26H31N5O5. The fraction of sp³-hybridized carbons (Fsp3) is 0.308. The molecule has 1 heterocycles. The summed E-state index contributed by atoms with van der Waals surface area (Å²) in [5.41, 5.74) is 7.44. The molecule has 36 heavy (non-hydrogen) atoms. The van der Waals surface area contributed by atoms with Crippen molar-refractivity contribution in [3.05, 3.63) is 86.1 Å². The number of nitrogens with two attached hydrogens (primary N) is 1. The average Bonchev–Trinajstić information content (AvgIpc) is 2.85. The van der Waals surface area contributed by atoms with Crippen LogP contribution in [0.4, 0.5) is 17.2 Å². The number of aromatic amines is 1. The number of nitrogen functional groups attached to an aromatic ring is 1. The lowest BCUT2D eigenvalue weighted by Crippen LogP contribution is -2.41. The Morgan fingerprint density at radius 2 is 1.86 bits per heavy atom. The number of hydrogen-bond acceptors (Lipinski definition) is 7. The van der Waals surface area contributed by atoms with Gasteiger partial charge in [-0.3, -0.25) is 19.1 Å². The van der Waals surface area contributed by atoms with Gasteiger partial charge in [0, 0.05) is 18.8 Å². The smallest absolute Gasteiger partial charge is 0.337 e. The molecule has 0 fully saturated rings. The van der Waals surface area contributed by atoms with Crippen LogP contribution in [0.5, 0.6) is 0 Å². The topological polar surface area (TPSA) is 140 Å². The van der Waals surface area contributed by atoms with E-state index in [1.54, 1.807) is 24.0 Å². The summed E-state index contributed by atoms with van der Waals surface area (Å²) in [7, 11) is 1.28. The molecule has 1 aromatic heterocycles. The van der Waals surface area contributed by atoms with E-state index in [0.29, 0.717) is 24.2 Å². The minimum Gasteiger partial charge on any atom is -0.465 e. The molecule has 0 atom stereocenters. The molecule has 2 aromatic carbocycles. The zero-order valence-electron chi connectivity index (χ0n) is 20.7. The molecule has 0 bridgehead atoms. The minimum absolute atomic E-state index is 0.00444. The third-order valence-electron chi connectivity index (χ3n) is 5.75. The van der Waals surface area contributed by atoms with Crippen molar-refractivity contribution in [2.45, 2.75) is 39.8 Å². The van der Waals surface area contributed by atoms with E-state index in [4.69, 9.17) is 10.5 Å². The van der Waals surface area contributed by atoms with Gasteiger partial charge in [-0.15, -0.1) is 0 Å². The average molecular weight is 494 g/mol. The van der Waals surface area contributed by atoms with Crippen molar-refractivity contribution in [3.63, 3.8) is 0 Å². The highest BCUT2D eigenvalue weighted by atomic mass is 16.5. The SMILES string of the molecule is CCCCn1c(N)c(N(CC(=O)Nc2cc(C(=O)OC)ccc2C)Cc2ccccc2)c(=O)[nH]c1=O. The Hall–Kier alpha value is -4.34. The fourth-order valence-corrected chi connectivity index (χ4v) is 3.80. The second-order valence-corrected chi connectivity index (χ2v) is 8.41. The first-order valence-corrected chi connectivity index (χ1v) is 11.6. The van der Waals surface area contributed by atoms with E-state index in [1.807, 2.05) is 37.3 Å². The molecule has 4 N–H and O–H groups in total. The molecule has 0 aliphatic carbocycles. The largest absolute Gasteiger partial charge is 0.465 e. The van der Waals surface area contributed by atoms with Crippen molar-refractivity contribution in [3.8, 4) is 0 Å². The molecule has 190 valence electrons. The zero-order chi connectivity index (χ0) is 26.2. The predicted octanol–water partition coefficient (Wildman–Crippen LogP) is 2.66. The van der Waals surface area contributed by atoms with Gasteiger partial charge in [-0.25, -0.2) is 9.59 Å². The van der Waals surface area contributed by atoms with Crippen LogP contribution in [0.15, 0.2) is 58.1 Å². The maximum atomic E-state index is 13.1. The Balaban J connectivity index is 1.97. The third-order valence-corrected chi connectivity index (χ3v) is 5.75. The Morgan fingerprint density at radius 3 is 2.53 bits per heavy atom. The monoisotopic (exact) mass is 493 g/mol. The Labute approximate surface area is 208 Å². The fourth-order valence-electron chi connectivity index (χ4n) is 3.80. The van der Waals surface area contributed by atoms with Gasteiger partial charge in [0.15, 0.2) is 0 Å². The molecule has 0 unspecified atom stereocenters. The summed E-state index contributed by atoms with van der Waals surface area (Å²) in [6.07, 6.45) is 1.53. The van der Waals surface area contributed by atoms with Crippen molar-refractivity contribution in [1.82, 2.24) is 9.55 Å². The molecule has 10 nitrogen and oxygen atoms in total. The number of nitrogens with one attached hydrogen (secondary N) is 2. The number of anilines is 3. The van der Waals surface area contributed by atoms with Gasteiger partial charge in [0.2, 0.25) is 5.91 Å². The number of ether oxygens (including phenoxy) is 1. The normalized spacial score (nSPS) is 10.6. The van der Waals surface area contributed by atoms with Gasteiger partial charge in [0.25, 0.3) is 5.56 Å². The Morgan fingerprint density at radius 1 is 1.14 bits per heavy atom. The van der Waals surface area contributed by atoms with Crippen molar-refractivity contribution < 1.29 is 14.3 Å². The number of carbonyl (C=O) groups is 2. The first-order chi connectivity index (χ1) is 17.2. The molecule has 3 rings (SSSR count). The molecule has 0 aliphatic rings. The standard InChI is InChI=1S/C26H31N5O5/c1-4-5-13-31-23(27)22(24(33)29-26(31)35)30(15-18-9-7-6-8-10-18)16-21(32)28-20-14-19(25(34)36-3)12-11-17(20)2/h6-12,14H,4-5,13,15-16,27H2,1-3H3,(H,28,32)(H,29,33,35). The van der Waals surface area contributed by atoms with Gasteiger partial charge in [-0.05, 0) is 36.6 Å². The van der Waals surface area contributed by atoms with Crippen LogP contribution in [-0.2, 0) is 22.6 Å². The van der Waals surface area contributed by atoms with Crippen LogP contribution in [0, 0.1) is 6.92 Å². The Kier molecular flexibility index (Phi) is 8.66. The number of esters is 1. The van der Waals surface area contributed by atoms with Crippen LogP contribution in [0.3, 0.4) is 0 Å². The number of aromatic nitrogens is 2. The van der Waals surface area contributed by atoms with Gasteiger partial charge in [-0.2, -0.15) is 0 Å². The number of unbranched alkanes of at least 4 members (excludes halogenated alkanes) is 1. The molecule has 1 amide bonds. The number of amides is 1. The summed E-state index contributed by atoms with van der Waals surface area (Å²) >= 11 is 0. The van der Waals surface area contributed by atoms with Gasteiger partial charge >= 0.3 is 11.7 Å². The number of hydrogen-bond donors (Lipinski definition) is 3. The van der Waals surface area contributed by atoms with E-state index in [1.165, 1.54) is 17.7 Å². The van der Waals surface area contributed by atoms with E-state index in [9.17, 15) is 19.2 Å². The molecule has 0 spiro atoms. The third kappa shape index (κ3) is 6.21. The Bertz CT molecular complexity index is 1350. The van der Waals surface area contributed by atoms with E-state index < -0.39 is 23.1 Å². The first-order valence-electron chi connectivity index (χ1n) is 11.6. The van der Waals surface area contributed by atoms with E-state index in [0.717, 1.165) is 17.5 Å². The molecule has 0 aliphatic heterocycles. The number of H-pyrrole nitrogens is 1. The van der Waals surface area contributed by atoms with E-state index in [-0.39, 0.29) is 24.6 Å². The summed E-state index contributed by atoms with van der Waals surface area (Å²) in [6, 6.07) is 14.2. The lowest BCUT2D eigenvalue weighted by atomic mass is 10.1.